The number of hydrogen-bond donors (Lipinski definition) is 1. The summed E-state index contributed by atoms with van der Waals surface area (Å²) in [7, 11) is 0. The highest BCUT2D eigenvalue weighted by molar-refractivity contribution is 9.10. The van der Waals surface area contributed by atoms with Gasteiger partial charge in [0.05, 0.1) is 11.1 Å². The van der Waals surface area contributed by atoms with Gasteiger partial charge in [0.15, 0.2) is 0 Å². The minimum atomic E-state index is -4.40. The molecule has 1 rings (SSSR count). The number of halogens is 5. The van der Waals surface area contributed by atoms with Gasteiger partial charge in [0.25, 0.3) is 0 Å². The highest BCUT2D eigenvalue weighted by Gasteiger charge is 2.32. The Hall–Kier alpha value is -0.600. The van der Waals surface area contributed by atoms with E-state index in [9.17, 15) is 13.2 Å². The molecule has 1 aromatic rings. The van der Waals surface area contributed by atoms with Gasteiger partial charge in [-0.3, -0.25) is 0 Å². The van der Waals surface area contributed by atoms with E-state index in [1.165, 1.54) is 6.20 Å². The molecule has 4 nitrogen and oxygen atoms in total. The third-order valence-electron chi connectivity index (χ3n) is 1.74. The Bertz CT molecular complexity index is 391. The molecule has 9 heteroatoms. The topological polar surface area (TPSA) is 49.2 Å². The number of rotatable bonds is 4. The molecule has 96 valence electrons. The Labute approximate surface area is 109 Å². The zero-order valence-corrected chi connectivity index (χ0v) is 10.7. The summed E-state index contributed by atoms with van der Waals surface area (Å²) >= 11 is 8.55. The average molecular weight is 335 g/mol. The first-order chi connectivity index (χ1) is 7.83. The van der Waals surface area contributed by atoms with Crippen molar-refractivity contribution in [3.63, 3.8) is 0 Å². The van der Waals surface area contributed by atoms with Crippen LogP contribution in [-0.4, -0.2) is 40.9 Å². The molecule has 0 atom stereocenters. The molecule has 0 saturated carbocycles. The minimum Gasteiger partial charge on any atom is -0.395 e. The maximum absolute atomic E-state index is 12.3. The molecule has 0 aliphatic rings. The van der Waals surface area contributed by atoms with Gasteiger partial charge in [-0.25, -0.2) is 4.98 Å². The van der Waals surface area contributed by atoms with E-state index < -0.39 is 19.3 Å². The molecule has 1 heterocycles. The van der Waals surface area contributed by atoms with Gasteiger partial charge in [0.2, 0.25) is 5.28 Å². The summed E-state index contributed by atoms with van der Waals surface area (Å²) in [5.41, 5.74) is 0. The van der Waals surface area contributed by atoms with E-state index in [0.29, 0.717) is 0 Å². The van der Waals surface area contributed by atoms with Crippen molar-refractivity contribution in [3.05, 3.63) is 16.0 Å². The van der Waals surface area contributed by atoms with Crippen LogP contribution in [0.5, 0.6) is 0 Å². The van der Waals surface area contributed by atoms with E-state index in [0.717, 1.165) is 4.90 Å². The molecule has 0 aliphatic heterocycles. The monoisotopic (exact) mass is 333 g/mol. The summed E-state index contributed by atoms with van der Waals surface area (Å²) < 4.78 is 37.3. The second kappa shape index (κ2) is 5.83. The fourth-order valence-corrected chi connectivity index (χ4v) is 1.73. The average Bonchev–Trinajstić information content (AvgIpc) is 2.19. The van der Waals surface area contributed by atoms with E-state index in [1.807, 2.05) is 0 Å². The Kier molecular flexibility index (Phi) is 4.96. The smallest absolute Gasteiger partial charge is 0.395 e. The SMILES string of the molecule is OCCN(CC(F)(F)F)c1nc(Cl)ncc1Br. The molecule has 0 bridgehead atoms. The Balaban J connectivity index is 3.00. The Morgan fingerprint density at radius 2 is 2.12 bits per heavy atom. The lowest BCUT2D eigenvalue weighted by molar-refractivity contribution is -0.120. The maximum Gasteiger partial charge on any atom is 0.405 e. The molecular weight excluding hydrogens is 326 g/mol. The molecule has 0 amide bonds. The fourth-order valence-electron chi connectivity index (χ4n) is 1.16. The molecule has 1 N–H and O–H groups in total. The maximum atomic E-state index is 12.3. The van der Waals surface area contributed by atoms with Crippen molar-refractivity contribution in [2.75, 3.05) is 24.6 Å². The third-order valence-corrected chi connectivity index (χ3v) is 2.48. The molecule has 17 heavy (non-hydrogen) atoms. The van der Waals surface area contributed by atoms with E-state index in [2.05, 4.69) is 25.9 Å². The van der Waals surface area contributed by atoms with Gasteiger partial charge in [-0.1, -0.05) is 0 Å². The third kappa shape index (κ3) is 4.64. The van der Waals surface area contributed by atoms with Gasteiger partial charge < -0.3 is 10.0 Å². The van der Waals surface area contributed by atoms with E-state index in [1.54, 1.807) is 0 Å². The van der Waals surface area contributed by atoms with Crippen LogP contribution in [0.1, 0.15) is 0 Å². The van der Waals surface area contributed by atoms with Crippen LogP contribution >= 0.6 is 27.5 Å². The summed E-state index contributed by atoms with van der Waals surface area (Å²) in [5, 5.41) is 8.60. The number of nitrogens with zero attached hydrogens (tertiary/aromatic N) is 3. The van der Waals surface area contributed by atoms with Crippen molar-refractivity contribution in [3.8, 4) is 0 Å². The van der Waals surface area contributed by atoms with Gasteiger partial charge in [-0.2, -0.15) is 18.2 Å². The number of aliphatic hydroxyl groups is 1. The molecule has 0 aromatic carbocycles. The van der Waals surface area contributed by atoms with Crippen LogP contribution in [0.3, 0.4) is 0 Å². The molecule has 0 spiro atoms. The van der Waals surface area contributed by atoms with Crippen molar-refractivity contribution in [1.29, 1.82) is 0 Å². The van der Waals surface area contributed by atoms with Crippen LogP contribution in [0.4, 0.5) is 19.0 Å². The molecule has 0 unspecified atom stereocenters. The summed E-state index contributed by atoms with van der Waals surface area (Å²) in [6, 6.07) is 0. The van der Waals surface area contributed by atoms with Crippen LogP contribution < -0.4 is 4.90 Å². The van der Waals surface area contributed by atoms with E-state index in [4.69, 9.17) is 16.7 Å². The van der Waals surface area contributed by atoms with Crippen LogP contribution in [0.25, 0.3) is 0 Å². The molecule has 0 radical (unpaired) electrons. The summed E-state index contributed by atoms with van der Waals surface area (Å²) in [6.07, 6.45) is -3.14. The van der Waals surface area contributed by atoms with Crippen molar-refractivity contribution < 1.29 is 18.3 Å². The molecule has 0 saturated heterocycles. The largest absolute Gasteiger partial charge is 0.405 e. The van der Waals surface area contributed by atoms with Gasteiger partial charge in [-0.15, -0.1) is 0 Å². The Morgan fingerprint density at radius 3 is 2.65 bits per heavy atom. The molecule has 0 fully saturated rings. The van der Waals surface area contributed by atoms with Crippen molar-refractivity contribution >= 4 is 33.3 Å². The first-order valence-corrected chi connectivity index (χ1v) is 5.61. The summed E-state index contributed by atoms with van der Waals surface area (Å²) in [6.45, 7) is -1.85. The normalized spacial score (nSPS) is 11.6. The van der Waals surface area contributed by atoms with Crippen LogP contribution in [0.15, 0.2) is 10.7 Å². The van der Waals surface area contributed by atoms with Crippen molar-refractivity contribution in [2.24, 2.45) is 0 Å². The van der Waals surface area contributed by atoms with Crippen LogP contribution in [0, 0.1) is 0 Å². The van der Waals surface area contributed by atoms with Gasteiger partial charge in [0, 0.05) is 12.7 Å². The number of alkyl halides is 3. The number of anilines is 1. The lowest BCUT2D eigenvalue weighted by Gasteiger charge is -2.24. The highest BCUT2D eigenvalue weighted by Crippen LogP contribution is 2.27. The van der Waals surface area contributed by atoms with Crippen molar-refractivity contribution in [1.82, 2.24) is 9.97 Å². The van der Waals surface area contributed by atoms with E-state index >= 15 is 0 Å². The van der Waals surface area contributed by atoms with E-state index in [-0.39, 0.29) is 22.1 Å². The molecule has 1 aromatic heterocycles. The first-order valence-electron chi connectivity index (χ1n) is 4.44. The van der Waals surface area contributed by atoms with Crippen LogP contribution in [-0.2, 0) is 0 Å². The minimum absolute atomic E-state index is 0.00336. The zero-order valence-electron chi connectivity index (χ0n) is 8.38. The summed E-state index contributed by atoms with van der Waals surface area (Å²) in [5.74, 6) is -0.00336. The predicted octanol–water partition coefficient (Wildman–Crippen LogP) is 2.25. The molecular formula is C8H8BrClF3N3O. The quantitative estimate of drug-likeness (QED) is 0.858. The van der Waals surface area contributed by atoms with Gasteiger partial charge in [-0.05, 0) is 27.5 Å². The zero-order chi connectivity index (χ0) is 13.1. The second-order valence-electron chi connectivity index (χ2n) is 3.07. The number of aromatic nitrogens is 2. The number of hydrogen-bond acceptors (Lipinski definition) is 4. The van der Waals surface area contributed by atoms with Gasteiger partial charge in [0.1, 0.15) is 12.4 Å². The number of aliphatic hydroxyl groups excluding tert-OH is 1. The molecule has 0 aliphatic carbocycles. The lowest BCUT2D eigenvalue weighted by Crippen LogP contribution is -2.37. The van der Waals surface area contributed by atoms with Crippen LogP contribution in [0.2, 0.25) is 5.28 Å². The lowest BCUT2D eigenvalue weighted by atomic mass is 10.4. The predicted molar refractivity (Wildman–Crippen MR) is 60.1 cm³/mol. The Morgan fingerprint density at radius 1 is 1.47 bits per heavy atom. The fraction of sp³-hybridized carbons (Fsp3) is 0.500. The summed E-state index contributed by atoms with van der Waals surface area (Å²) in [4.78, 5) is 8.19. The second-order valence-corrected chi connectivity index (χ2v) is 4.26. The highest BCUT2D eigenvalue weighted by atomic mass is 79.9. The van der Waals surface area contributed by atoms with Gasteiger partial charge >= 0.3 is 6.18 Å². The first kappa shape index (κ1) is 14.5. The van der Waals surface area contributed by atoms with Crippen molar-refractivity contribution in [2.45, 2.75) is 6.18 Å². The standard InChI is InChI=1S/C8H8BrClF3N3O/c9-5-3-14-7(10)15-6(5)16(1-2-17)4-8(11,12)13/h3,17H,1-2,4H2.